The second kappa shape index (κ2) is 5.78. The summed E-state index contributed by atoms with van der Waals surface area (Å²) in [6.45, 7) is 1.81. The molecule has 1 saturated carbocycles. The number of ketones is 1. The van der Waals surface area contributed by atoms with Crippen LogP contribution in [0.1, 0.15) is 24.8 Å². The van der Waals surface area contributed by atoms with Gasteiger partial charge in [-0.3, -0.25) is 4.79 Å². The number of carbonyl (C=O) groups excluding carboxylic acids is 1. The Hall–Kier alpha value is -0.670. The fraction of sp³-hybridized carbons (Fsp3) is 0.500. The van der Waals surface area contributed by atoms with Crippen LogP contribution in [0.3, 0.4) is 0 Å². The lowest BCUT2D eigenvalue weighted by Gasteiger charge is -2.20. The molecule has 17 heavy (non-hydrogen) atoms. The van der Waals surface area contributed by atoms with Gasteiger partial charge in [-0.05, 0) is 37.6 Å². The summed E-state index contributed by atoms with van der Waals surface area (Å²) >= 11 is 3.43. The number of hydrogen-bond donors (Lipinski definition) is 0. The molecule has 1 aromatic rings. The van der Waals surface area contributed by atoms with Crippen molar-refractivity contribution in [3.05, 3.63) is 34.3 Å². The monoisotopic (exact) mass is 295 g/mol. The van der Waals surface area contributed by atoms with E-state index in [1.807, 2.05) is 0 Å². The number of nitrogens with zero attached hydrogens (tertiary/aromatic N) is 1. The fourth-order valence-corrected chi connectivity index (χ4v) is 2.69. The summed E-state index contributed by atoms with van der Waals surface area (Å²) in [5.74, 6) is 0.725. The van der Waals surface area contributed by atoms with E-state index >= 15 is 0 Å². The topological polar surface area (TPSA) is 20.3 Å². The van der Waals surface area contributed by atoms with E-state index < -0.39 is 0 Å². The molecule has 92 valence electrons. The van der Waals surface area contributed by atoms with E-state index in [0.29, 0.717) is 5.78 Å². The lowest BCUT2D eigenvalue weighted by Crippen LogP contribution is -2.27. The third kappa shape index (κ3) is 3.65. The van der Waals surface area contributed by atoms with Crippen LogP contribution in [0.25, 0.3) is 0 Å². The molecule has 1 atom stereocenters. The van der Waals surface area contributed by atoms with Crippen molar-refractivity contribution in [3.8, 4) is 0 Å². The Labute approximate surface area is 111 Å². The van der Waals surface area contributed by atoms with E-state index in [0.717, 1.165) is 36.8 Å². The summed E-state index contributed by atoms with van der Waals surface area (Å²) in [6.07, 6.45) is 2.94. The lowest BCUT2D eigenvalue weighted by molar-refractivity contribution is -0.121. The van der Waals surface area contributed by atoms with Crippen molar-refractivity contribution >= 4 is 21.7 Å². The molecule has 1 aliphatic rings. The highest BCUT2D eigenvalue weighted by Crippen LogP contribution is 2.22. The van der Waals surface area contributed by atoms with Gasteiger partial charge in [0.15, 0.2) is 0 Å². The van der Waals surface area contributed by atoms with E-state index in [1.54, 1.807) is 0 Å². The Kier molecular flexibility index (Phi) is 4.35. The summed E-state index contributed by atoms with van der Waals surface area (Å²) in [4.78, 5) is 13.8. The normalized spacial score (nSPS) is 20.2. The van der Waals surface area contributed by atoms with Crippen molar-refractivity contribution in [2.24, 2.45) is 5.92 Å². The van der Waals surface area contributed by atoms with Crippen molar-refractivity contribution in [2.75, 3.05) is 13.6 Å². The van der Waals surface area contributed by atoms with Gasteiger partial charge in [0.25, 0.3) is 0 Å². The van der Waals surface area contributed by atoms with Gasteiger partial charge in [-0.1, -0.05) is 28.1 Å². The first-order valence-corrected chi connectivity index (χ1v) is 6.90. The van der Waals surface area contributed by atoms with E-state index in [1.165, 1.54) is 5.56 Å². The van der Waals surface area contributed by atoms with Gasteiger partial charge >= 0.3 is 0 Å². The molecule has 3 heteroatoms. The first-order valence-electron chi connectivity index (χ1n) is 6.11. The molecule has 0 aromatic heterocycles. The minimum atomic E-state index is 0.274. The first kappa shape index (κ1) is 12.8. The van der Waals surface area contributed by atoms with Crippen LogP contribution < -0.4 is 0 Å². The standard InChI is InChI=1S/C14H18BrNO/c1-16(10-12-3-2-4-14(12)17)9-11-5-7-13(15)8-6-11/h5-8,12H,2-4,9-10H2,1H3. The SMILES string of the molecule is CN(Cc1ccc(Br)cc1)CC1CCCC1=O. The van der Waals surface area contributed by atoms with Crippen molar-refractivity contribution in [1.82, 2.24) is 4.90 Å². The zero-order chi connectivity index (χ0) is 12.3. The van der Waals surface area contributed by atoms with Gasteiger partial charge in [-0.25, -0.2) is 0 Å². The maximum atomic E-state index is 11.6. The summed E-state index contributed by atoms with van der Waals surface area (Å²) in [7, 11) is 2.09. The molecule has 0 radical (unpaired) electrons. The molecule has 0 amide bonds. The molecule has 2 rings (SSSR count). The molecular weight excluding hydrogens is 278 g/mol. The number of halogens is 1. The smallest absolute Gasteiger partial charge is 0.137 e. The van der Waals surface area contributed by atoms with Crippen molar-refractivity contribution in [2.45, 2.75) is 25.8 Å². The average molecular weight is 296 g/mol. The van der Waals surface area contributed by atoms with Gasteiger partial charge in [0.2, 0.25) is 0 Å². The highest BCUT2D eigenvalue weighted by Gasteiger charge is 2.25. The fourth-order valence-electron chi connectivity index (χ4n) is 2.42. The number of carbonyl (C=O) groups is 1. The average Bonchev–Trinajstić information content (AvgIpc) is 2.68. The predicted octanol–water partition coefficient (Wildman–Crippen LogP) is 3.25. The van der Waals surface area contributed by atoms with Gasteiger partial charge in [0.1, 0.15) is 5.78 Å². The Balaban J connectivity index is 1.86. The van der Waals surface area contributed by atoms with Crippen molar-refractivity contribution in [1.29, 1.82) is 0 Å². The van der Waals surface area contributed by atoms with E-state index in [-0.39, 0.29) is 5.92 Å². The highest BCUT2D eigenvalue weighted by atomic mass is 79.9. The molecule has 2 nitrogen and oxygen atoms in total. The van der Waals surface area contributed by atoms with Crippen LogP contribution >= 0.6 is 15.9 Å². The molecule has 0 spiro atoms. The van der Waals surface area contributed by atoms with E-state index in [2.05, 4.69) is 52.1 Å². The summed E-state index contributed by atoms with van der Waals surface area (Å²) in [5.41, 5.74) is 1.29. The van der Waals surface area contributed by atoms with Crippen LogP contribution in [-0.2, 0) is 11.3 Å². The summed E-state index contributed by atoms with van der Waals surface area (Å²) < 4.78 is 1.11. The Morgan fingerprint density at radius 1 is 1.35 bits per heavy atom. The second-order valence-electron chi connectivity index (χ2n) is 4.88. The minimum Gasteiger partial charge on any atom is -0.301 e. The molecule has 1 fully saturated rings. The third-order valence-electron chi connectivity index (χ3n) is 3.33. The van der Waals surface area contributed by atoms with Crippen LogP contribution in [0.5, 0.6) is 0 Å². The van der Waals surface area contributed by atoms with Gasteiger partial charge in [0, 0.05) is 29.9 Å². The quantitative estimate of drug-likeness (QED) is 0.850. The third-order valence-corrected chi connectivity index (χ3v) is 3.86. The number of hydrogen-bond acceptors (Lipinski definition) is 2. The predicted molar refractivity (Wildman–Crippen MR) is 72.8 cm³/mol. The molecule has 0 saturated heterocycles. The molecule has 1 aromatic carbocycles. The van der Waals surface area contributed by atoms with Gasteiger partial charge in [0.05, 0.1) is 0 Å². The Bertz CT molecular complexity index is 388. The first-order chi connectivity index (χ1) is 8.15. The lowest BCUT2D eigenvalue weighted by atomic mass is 10.1. The molecule has 1 unspecified atom stereocenters. The molecule has 0 aliphatic heterocycles. The highest BCUT2D eigenvalue weighted by molar-refractivity contribution is 9.10. The van der Waals surface area contributed by atoms with E-state index in [4.69, 9.17) is 0 Å². The van der Waals surface area contributed by atoms with Gasteiger partial charge < -0.3 is 4.90 Å². The van der Waals surface area contributed by atoms with Gasteiger partial charge in [-0.15, -0.1) is 0 Å². The molecule has 0 N–H and O–H groups in total. The number of rotatable bonds is 4. The Morgan fingerprint density at radius 3 is 2.65 bits per heavy atom. The molecule has 0 bridgehead atoms. The zero-order valence-corrected chi connectivity index (χ0v) is 11.7. The van der Waals surface area contributed by atoms with E-state index in [9.17, 15) is 4.79 Å². The van der Waals surface area contributed by atoms with Crippen LogP contribution in [0, 0.1) is 5.92 Å². The van der Waals surface area contributed by atoms with Crippen LogP contribution in [-0.4, -0.2) is 24.3 Å². The van der Waals surface area contributed by atoms with Crippen molar-refractivity contribution in [3.63, 3.8) is 0 Å². The molecule has 0 heterocycles. The van der Waals surface area contributed by atoms with Crippen molar-refractivity contribution < 1.29 is 4.79 Å². The summed E-state index contributed by atoms with van der Waals surface area (Å²) in [5, 5.41) is 0. The maximum absolute atomic E-state index is 11.6. The number of Topliss-reactive ketones (excluding diaryl/α,β-unsaturated/α-hetero) is 1. The van der Waals surface area contributed by atoms with Crippen LogP contribution in [0.15, 0.2) is 28.7 Å². The zero-order valence-electron chi connectivity index (χ0n) is 10.2. The second-order valence-corrected chi connectivity index (χ2v) is 5.79. The largest absolute Gasteiger partial charge is 0.301 e. The molecular formula is C14H18BrNO. The minimum absolute atomic E-state index is 0.274. The number of benzene rings is 1. The van der Waals surface area contributed by atoms with Crippen LogP contribution in [0.2, 0.25) is 0 Å². The maximum Gasteiger partial charge on any atom is 0.137 e. The summed E-state index contributed by atoms with van der Waals surface area (Å²) in [6, 6.07) is 8.36. The Morgan fingerprint density at radius 2 is 2.06 bits per heavy atom. The molecule has 1 aliphatic carbocycles. The van der Waals surface area contributed by atoms with Crippen LogP contribution in [0.4, 0.5) is 0 Å². The van der Waals surface area contributed by atoms with Gasteiger partial charge in [-0.2, -0.15) is 0 Å².